The predicted molar refractivity (Wildman–Crippen MR) is 81.5 cm³/mol. The highest BCUT2D eigenvalue weighted by atomic mass is 32.1. The topological polar surface area (TPSA) is 41.6 Å². The van der Waals surface area contributed by atoms with Crippen molar-refractivity contribution in [1.82, 2.24) is 10.2 Å². The maximum absolute atomic E-state index is 12.1. The zero-order valence-electron chi connectivity index (χ0n) is 12.5. The normalized spacial score (nSPS) is 19.4. The maximum Gasteiger partial charge on any atom is 0.410 e. The van der Waals surface area contributed by atoms with Gasteiger partial charge in [-0.2, -0.15) is 0 Å². The number of ether oxygens (including phenoxy) is 1. The van der Waals surface area contributed by atoms with E-state index in [-0.39, 0.29) is 12.1 Å². The van der Waals surface area contributed by atoms with Gasteiger partial charge in [-0.1, -0.05) is 25.6 Å². The fourth-order valence-electron chi connectivity index (χ4n) is 2.08. The first-order valence-corrected chi connectivity index (χ1v) is 7.53. The molecule has 0 aromatic rings. The lowest BCUT2D eigenvalue weighted by Gasteiger charge is -2.29. The number of rotatable bonds is 4. The number of hydrogen-bond acceptors (Lipinski definition) is 3. The van der Waals surface area contributed by atoms with Gasteiger partial charge in [-0.3, -0.25) is 4.90 Å². The Balaban J connectivity index is 2.53. The molecule has 0 spiro atoms. The fourth-order valence-corrected chi connectivity index (χ4v) is 2.43. The monoisotopic (exact) mass is 286 g/mol. The molecule has 4 nitrogen and oxygen atoms in total. The lowest BCUT2D eigenvalue weighted by Crippen LogP contribution is -2.46. The molecule has 0 unspecified atom stereocenters. The van der Waals surface area contributed by atoms with Crippen LogP contribution in [0.3, 0.4) is 0 Å². The van der Waals surface area contributed by atoms with Gasteiger partial charge >= 0.3 is 6.09 Å². The summed E-state index contributed by atoms with van der Waals surface area (Å²) in [5.74, 6) is 0. The summed E-state index contributed by atoms with van der Waals surface area (Å²) in [4.78, 5) is 14.7. The van der Waals surface area contributed by atoms with E-state index in [0.717, 1.165) is 43.8 Å². The smallest absolute Gasteiger partial charge is 0.410 e. The van der Waals surface area contributed by atoms with Gasteiger partial charge in [0.1, 0.15) is 5.60 Å². The molecule has 19 heavy (non-hydrogen) atoms. The Kier molecular flexibility index (Phi) is 6.04. The number of amides is 1. The SMILES string of the molecule is CCCCNC(=S)[C@@H]1CCCN1C(=O)OC(C)(C)C. The highest BCUT2D eigenvalue weighted by molar-refractivity contribution is 7.80. The number of likely N-dealkylation sites (tertiary alicyclic amines) is 1. The summed E-state index contributed by atoms with van der Waals surface area (Å²) in [6.45, 7) is 9.41. The lowest BCUT2D eigenvalue weighted by atomic mass is 10.2. The van der Waals surface area contributed by atoms with Crippen LogP contribution < -0.4 is 5.32 Å². The summed E-state index contributed by atoms with van der Waals surface area (Å²) >= 11 is 5.40. The van der Waals surface area contributed by atoms with Gasteiger partial charge in [0.05, 0.1) is 11.0 Å². The van der Waals surface area contributed by atoms with Crippen LogP contribution in [0.15, 0.2) is 0 Å². The molecule has 1 atom stereocenters. The zero-order valence-corrected chi connectivity index (χ0v) is 13.3. The minimum absolute atomic E-state index is 0.00158. The van der Waals surface area contributed by atoms with Gasteiger partial charge in [-0.15, -0.1) is 0 Å². The summed E-state index contributed by atoms with van der Waals surface area (Å²) in [5.41, 5.74) is -0.457. The highest BCUT2D eigenvalue weighted by Gasteiger charge is 2.34. The molecule has 1 aliphatic rings. The van der Waals surface area contributed by atoms with Crippen molar-refractivity contribution >= 4 is 23.3 Å². The number of nitrogens with zero attached hydrogens (tertiary/aromatic N) is 1. The van der Waals surface area contributed by atoms with Gasteiger partial charge in [-0.05, 0) is 40.0 Å². The van der Waals surface area contributed by atoms with Crippen molar-refractivity contribution < 1.29 is 9.53 Å². The van der Waals surface area contributed by atoms with Crippen molar-refractivity contribution in [3.8, 4) is 0 Å². The molecular formula is C14H26N2O2S. The Hall–Kier alpha value is -0.840. The summed E-state index contributed by atoms with van der Waals surface area (Å²) in [6.07, 6.45) is 3.89. The Morgan fingerprint density at radius 2 is 2.16 bits per heavy atom. The average molecular weight is 286 g/mol. The van der Waals surface area contributed by atoms with Crippen LogP contribution in [0.1, 0.15) is 53.4 Å². The Morgan fingerprint density at radius 1 is 1.47 bits per heavy atom. The molecule has 5 heteroatoms. The van der Waals surface area contributed by atoms with E-state index in [0.29, 0.717) is 0 Å². The van der Waals surface area contributed by atoms with Gasteiger partial charge < -0.3 is 10.1 Å². The van der Waals surface area contributed by atoms with Crippen molar-refractivity contribution in [2.45, 2.75) is 65.0 Å². The Bertz CT molecular complexity index is 326. The molecule has 1 saturated heterocycles. The van der Waals surface area contributed by atoms with Crippen molar-refractivity contribution in [3.63, 3.8) is 0 Å². The van der Waals surface area contributed by atoms with Crippen LogP contribution in [0, 0.1) is 0 Å². The molecule has 1 aliphatic heterocycles. The molecule has 1 N–H and O–H groups in total. The molecule has 0 aromatic carbocycles. The van der Waals surface area contributed by atoms with Crippen molar-refractivity contribution in [2.75, 3.05) is 13.1 Å². The highest BCUT2D eigenvalue weighted by Crippen LogP contribution is 2.21. The van der Waals surface area contributed by atoms with E-state index < -0.39 is 5.60 Å². The molecular weight excluding hydrogens is 260 g/mol. The van der Waals surface area contributed by atoms with Gasteiger partial charge in [0.2, 0.25) is 0 Å². The van der Waals surface area contributed by atoms with E-state index in [2.05, 4.69) is 12.2 Å². The van der Waals surface area contributed by atoms with E-state index in [1.807, 2.05) is 20.8 Å². The van der Waals surface area contributed by atoms with Crippen LogP contribution in [0.5, 0.6) is 0 Å². The number of carbonyl (C=O) groups is 1. The number of unbranched alkanes of at least 4 members (excludes halogenated alkanes) is 1. The molecule has 1 rings (SSSR count). The van der Waals surface area contributed by atoms with Crippen LogP contribution in [-0.4, -0.2) is 40.7 Å². The number of nitrogens with one attached hydrogen (secondary N) is 1. The second-order valence-electron chi connectivity index (χ2n) is 5.98. The summed E-state index contributed by atoms with van der Waals surface area (Å²) in [7, 11) is 0. The third kappa shape index (κ3) is 5.35. The average Bonchev–Trinajstić information content (AvgIpc) is 2.75. The molecule has 0 aromatic heterocycles. The van der Waals surface area contributed by atoms with Crippen LogP contribution in [-0.2, 0) is 4.74 Å². The molecule has 1 fully saturated rings. The molecule has 0 radical (unpaired) electrons. The van der Waals surface area contributed by atoms with E-state index >= 15 is 0 Å². The summed E-state index contributed by atoms with van der Waals surface area (Å²) < 4.78 is 5.43. The van der Waals surface area contributed by atoms with E-state index in [4.69, 9.17) is 17.0 Å². The Morgan fingerprint density at radius 3 is 2.74 bits per heavy atom. The van der Waals surface area contributed by atoms with Gasteiger partial charge in [-0.25, -0.2) is 4.79 Å². The third-order valence-electron chi connectivity index (χ3n) is 3.01. The number of carbonyl (C=O) groups excluding carboxylic acids is 1. The van der Waals surface area contributed by atoms with Crippen molar-refractivity contribution in [3.05, 3.63) is 0 Å². The second-order valence-corrected chi connectivity index (χ2v) is 6.42. The maximum atomic E-state index is 12.1. The Labute approximate surface area is 121 Å². The van der Waals surface area contributed by atoms with Gasteiger partial charge in [0.15, 0.2) is 0 Å². The van der Waals surface area contributed by atoms with Gasteiger partial charge in [0, 0.05) is 13.1 Å². The lowest BCUT2D eigenvalue weighted by molar-refractivity contribution is 0.0265. The van der Waals surface area contributed by atoms with Gasteiger partial charge in [0.25, 0.3) is 0 Å². The molecule has 0 saturated carbocycles. The van der Waals surface area contributed by atoms with E-state index in [1.165, 1.54) is 0 Å². The predicted octanol–water partition coefficient (Wildman–Crippen LogP) is 3.10. The first kappa shape index (κ1) is 16.2. The quantitative estimate of drug-likeness (QED) is 0.637. The molecule has 0 bridgehead atoms. The number of thiocarbonyl (C=S) groups is 1. The third-order valence-corrected chi connectivity index (χ3v) is 3.43. The number of hydrogen-bond donors (Lipinski definition) is 1. The summed E-state index contributed by atoms with van der Waals surface area (Å²) in [5, 5.41) is 3.26. The minimum Gasteiger partial charge on any atom is -0.444 e. The second kappa shape index (κ2) is 7.08. The zero-order chi connectivity index (χ0) is 14.5. The first-order valence-electron chi connectivity index (χ1n) is 7.12. The van der Waals surface area contributed by atoms with E-state index in [9.17, 15) is 4.79 Å². The van der Waals surface area contributed by atoms with Crippen molar-refractivity contribution in [2.24, 2.45) is 0 Å². The largest absolute Gasteiger partial charge is 0.444 e. The fraction of sp³-hybridized carbons (Fsp3) is 0.857. The molecule has 0 aliphatic carbocycles. The molecule has 1 heterocycles. The van der Waals surface area contributed by atoms with Crippen LogP contribution in [0.25, 0.3) is 0 Å². The van der Waals surface area contributed by atoms with Crippen LogP contribution in [0.4, 0.5) is 4.79 Å². The summed E-state index contributed by atoms with van der Waals surface area (Å²) in [6, 6.07) is 0.00158. The van der Waals surface area contributed by atoms with Crippen LogP contribution >= 0.6 is 12.2 Å². The standard InChI is InChI=1S/C14H26N2O2S/c1-5-6-9-15-12(19)11-8-7-10-16(11)13(17)18-14(2,3)4/h11H,5-10H2,1-4H3,(H,15,19)/t11-/m0/s1. The van der Waals surface area contributed by atoms with E-state index in [1.54, 1.807) is 4.90 Å². The van der Waals surface area contributed by atoms with Crippen molar-refractivity contribution in [1.29, 1.82) is 0 Å². The minimum atomic E-state index is -0.457. The molecule has 110 valence electrons. The first-order chi connectivity index (χ1) is 8.85. The van der Waals surface area contributed by atoms with Crippen LogP contribution in [0.2, 0.25) is 0 Å². The molecule has 1 amide bonds.